The van der Waals surface area contributed by atoms with Crippen LogP contribution in [-0.4, -0.2) is 5.91 Å². The first kappa shape index (κ1) is 14.1. The summed E-state index contributed by atoms with van der Waals surface area (Å²) in [5, 5.41) is 3.02. The highest BCUT2D eigenvalue weighted by Gasteiger charge is 2.32. The summed E-state index contributed by atoms with van der Waals surface area (Å²) < 4.78 is 0. The molecule has 2 rings (SSSR count). The van der Waals surface area contributed by atoms with Crippen LogP contribution in [0, 0.1) is 19.8 Å². The largest absolute Gasteiger partial charge is 0.325 e. The molecular weight excluding hydrogens is 236 g/mol. The number of fused-ring (bicyclic) bond motifs is 1. The van der Waals surface area contributed by atoms with Gasteiger partial charge < -0.3 is 11.1 Å². The molecule has 1 amide bonds. The molecule has 0 fully saturated rings. The molecule has 1 aliphatic heterocycles. The smallest absolute Gasteiger partial charge is 0.232 e. The first-order valence-corrected chi connectivity index (χ1v) is 7.08. The summed E-state index contributed by atoms with van der Waals surface area (Å²) in [4.78, 5) is 12.0. The van der Waals surface area contributed by atoms with Gasteiger partial charge in [-0.15, -0.1) is 0 Å². The number of benzene rings is 1. The van der Waals surface area contributed by atoms with Crippen LogP contribution < -0.4 is 11.1 Å². The van der Waals surface area contributed by atoms with E-state index in [4.69, 9.17) is 5.73 Å². The fraction of sp³-hybridized carbons (Fsp3) is 0.562. The van der Waals surface area contributed by atoms with E-state index >= 15 is 0 Å². The number of nitrogens with two attached hydrogens (primary N) is 1. The van der Waals surface area contributed by atoms with Gasteiger partial charge in [-0.2, -0.15) is 0 Å². The van der Waals surface area contributed by atoms with Gasteiger partial charge in [0.1, 0.15) is 0 Å². The standard InChI is InChI=1S/C16H24N2O/c1-6-11-13-7-12(14(17)8(2)3)9(4)10(5)15(13)18-16(11)19/h7-8,11,14H,6,17H2,1-5H3,(H,18,19). The van der Waals surface area contributed by atoms with E-state index < -0.39 is 0 Å². The predicted octanol–water partition coefficient (Wildman–Crippen LogP) is 3.40. The van der Waals surface area contributed by atoms with Gasteiger partial charge in [0.25, 0.3) is 0 Å². The Kier molecular flexibility index (Phi) is 3.68. The molecule has 1 heterocycles. The first-order valence-electron chi connectivity index (χ1n) is 7.08. The van der Waals surface area contributed by atoms with E-state index in [1.165, 1.54) is 11.1 Å². The summed E-state index contributed by atoms with van der Waals surface area (Å²) in [6.45, 7) is 10.5. The molecule has 0 aliphatic carbocycles. The van der Waals surface area contributed by atoms with Crippen molar-refractivity contribution in [2.75, 3.05) is 5.32 Å². The highest BCUT2D eigenvalue weighted by atomic mass is 16.2. The van der Waals surface area contributed by atoms with Crippen molar-refractivity contribution in [1.82, 2.24) is 0 Å². The predicted molar refractivity (Wildman–Crippen MR) is 79.3 cm³/mol. The highest BCUT2D eigenvalue weighted by Crippen LogP contribution is 2.41. The van der Waals surface area contributed by atoms with Gasteiger partial charge in [0.05, 0.1) is 5.92 Å². The van der Waals surface area contributed by atoms with E-state index in [1.54, 1.807) is 0 Å². The van der Waals surface area contributed by atoms with Gasteiger partial charge >= 0.3 is 0 Å². The van der Waals surface area contributed by atoms with E-state index in [2.05, 4.69) is 46.0 Å². The van der Waals surface area contributed by atoms with Crippen LogP contribution in [0.15, 0.2) is 6.07 Å². The Morgan fingerprint density at radius 1 is 1.32 bits per heavy atom. The zero-order chi connectivity index (χ0) is 14.3. The molecule has 0 bridgehead atoms. The average Bonchev–Trinajstić information content (AvgIpc) is 2.68. The number of hydrogen-bond donors (Lipinski definition) is 2. The van der Waals surface area contributed by atoms with Crippen LogP contribution in [-0.2, 0) is 4.79 Å². The zero-order valence-electron chi connectivity index (χ0n) is 12.5. The molecule has 0 aromatic heterocycles. The molecule has 3 heteroatoms. The Balaban J connectivity index is 2.60. The summed E-state index contributed by atoms with van der Waals surface area (Å²) in [6, 6.07) is 2.17. The fourth-order valence-corrected chi connectivity index (χ4v) is 2.87. The molecule has 0 radical (unpaired) electrons. The van der Waals surface area contributed by atoms with Crippen molar-refractivity contribution in [3.05, 3.63) is 28.3 Å². The Morgan fingerprint density at radius 3 is 2.47 bits per heavy atom. The quantitative estimate of drug-likeness (QED) is 0.875. The lowest BCUT2D eigenvalue weighted by atomic mass is 9.86. The lowest BCUT2D eigenvalue weighted by Gasteiger charge is -2.22. The van der Waals surface area contributed by atoms with Gasteiger partial charge in [-0.3, -0.25) is 4.79 Å². The lowest BCUT2D eigenvalue weighted by Crippen LogP contribution is -2.18. The summed E-state index contributed by atoms with van der Waals surface area (Å²) in [5.41, 5.74) is 12.0. The third kappa shape index (κ3) is 2.16. The summed E-state index contributed by atoms with van der Waals surface area (Å²) in [7, 11) is 0. The molecule has 1 aromatic rings. The minimum absolute atomic E-state index is 0.0209. The molecule has 3 N–H and O–H groups in total. The second-order valence-electron chi connectivity index (χ2n) is 5.90. The van der Waals surface area contributed by atoms with E-state index in [9.17, 15) is 4.79 Å². The van der Waals surface area contributed by atoms with Gasteiger partial charge in [0.2, 0.25) is 5.91 Å². The zero-order valence-corrected chi connectivity index (χ0v) is 12.5. The fourth-order valence-electron chi connectivity index (χ4n) is 2.87. The molecule has 0 saturated heterocycles. The molecule has 2 atom stereocenters. The maximum absolute atomic E-state index is 12.0. The molecule has 0 saturated carbocycles. The van der Waals surface area contributed by atoms with Crippen LogP contribution in [0.3, 0.4) is 0 Å². The van der Waals surface area contributed by atoms with Crippen molar-refractivity contribution in [1.29, 1.82) is 0 Å². The maximum Gasteiger partial charge on any atom is 0.232 e. The Morgan fingerprint density at radius 2 is 1.95 bits per heavy atom. The topological polar surface area (TPSA) is 55.1 Å². The summed E-state index contributed by atoms with van der Waals surface area (Å²) in [5.74, 6) is 0.490. The number of rotatable bonds is 3. The minimum atomic E-state index is -0.0209. The average molecular weight is 260 g/mol. The number of amides is 1. The molecular formula is C16H24N2O. The van der Waals surface area contributed by atoms with Crippen LogP contribution in [0.25, 0.3) is 0 Å². The van der Waals surface area contributed by atoms with Crippen molar-refractivity contribution < 1.29 is 4.79 Å². The Hall–Kier alpha value is -1.35. The van der Waals surface area contributed by atoms with Crippen LogP contribution in [0.5, 0.6) is 0 Å². The van der Waals surface area contributed by atoms with E-state index in [0.29, 0.717) is 5.92 Å². The Labute approximate surface area is 115 Å². The van der Waals surface area contributed by atoms with Crippen LogP contribution >= 0.6 is 0 Å². The minimum Gasteiger partial charge on any atom is -0.325 e. The molecule has 104 valence electrons. The van der Waals surface area contributed by atoms with Crippen molar-refractivity contribution in [2.45, 2.75) is 53.0 Å². The molecule has 2 unspecified atom stereocenters. The second kappa shape index (κ2) is 4.97. The van der Waals surface area contributed by atoms with Gasteiger partial charge in [-0.05, 0) is 48.4 Å². The number of carbonyl (C=O) groups is 1. The van der Waals surface area contributed by atoms with Gasteiger partial charge in [0.15, 0.2) is 0 Å². The SMILES string of the molecule is CCC1C(=O)Nc2c1cc(C(N)C(C)C)c(C)c2C. The highest BCUT2D eigenvalue weighted by molar-refractivity contribution is 6.04. The lowest BCUT2D eigenvalue weighted by molar-refractivity contribution is -0.117. The molecule has 0 spiro atoms. The van der Waals surface area contributed by atoms with Crippen LogP contribution in [0.2, 0.25) is 0 Å². The second-order valence-corrected chi connectivity index (χ2v) is 5.90. The van der Waals surface area contributed by atoms with Crippen molar-refractivity contribution in [2.24, 2.45) is 11.7 Å². The van der Waals surface area contributed by atoms with Gasteiger partial charge in [-0.1, -0.05) is 26.8 Å². The van der Waals surface area contributed by atoms with E-state index in [1.807, 2.05) is 0 Å². The van der Waals surface area contributed by atoms with Crippen molar-refractivity contribution in [3.63, 3.8) is 0 Å². The van der Waals surface area contributed by atoms with Gasteiger partial charge in [0, 0.05) is 11.7 Å². The Bertz CT molecular complexity index is 520. The first-order chi connectivity index (χ1) is 8.88. The van der Waals surface area contributed by atoms with Crippen LogP contribution in [0.1, 0.15) is 61.4 Å². The van der Waals surface area contributed by atoms with E-state index in [0.717, 1.165) is 23.2 Å². The normalized spacial score (nSPS) is 19.5. The summed E-state index contributed by atoms with van der Waals surface area (Å²) >= 11 is 0. The number of anilines is 1. The third-order valence-electron chi connectivity index (χ3n) is 4.40. The van der Waals surface area contributed by atoms with Crippen LogP contribution in [0.4, 0.5) is 5.69 Å². The molecule has 1 aliphatic rings. The number of carbonyl (C=O) groups excluding carboxylic acids is 1. The third-order valence-corrected chi connectivity index (χ3v) is 4.40. The monoisotopic (exact) mass is 260 g/mol. The van der Waals surface area contributed by atoms with E-state index in [-0.39, 0.29) is 17.9 Å². The molecule has 19 heavy (non-hydrogen) atoms. The van der Waals surface area contributed by atoms with Gasteiger partial charge in [-0.25, -0.2) is 0 Å². The number of hydrogen-bond acceptors (Lipinski definition) is 2. The molecule has 3 nitrogen and oxygen atoms in total. The molecule has 1 aromatic carbocycles. The van der Waals surface area contributed by atoms with Crippen molar-refractivity contribution in [3.8, 4) is 0 Å². The summed E-state index contributed by atoms with van der Waals surface area (Å²) in [6.07, 6.45) is 0.831. The maximum atomic E-state index is 12.0. The number of nitrogens with one attached hydrogen (secondary N) is 1. The van der Waals surface area contributed by atoms with Crippen molar-refractivity contribution >= 4 is 11.6 Å².